The Kier molecular flexibility index (Phi) is 7.81. The number of para-hydroxylation sites is 1. The first-order valence-corrected chi connectivity index (χ1v) is 13.8. The number of likely N-dealkylation sites (tertiary alicyclic amines) is 1. The Bertz CT molecular complexity index is 1540. The summed E-state index contributed by atoms with van der Waals surface area (Å²) >= 11 is -0.320. The Labute approximate surface area is 237 Å². The van der Waals surface area contributed by atoms with Crippen LogP contribution in [0.5, 0.6) is 0 Å². The molecule has 4 aromatic rings. The lowest BCUT2D eigenvalue weighted by molar-refractivity contribution is -0.0327. The average molecular weight is 595 g/mol. The van der Waals surface area contributed by atoms with Crippen molar-refractivity contribution in [1.29, 1.82) is 0 Å². The van der Waals surface area contributed by atoms with Gasteiger partial charge in [0.1, 0.15) is 6.17 Å². The highest BCUT2D eigenvalue weighted by atomic mass is 32.2. The predicted octanol–water partition coefficient (Wildman–Crippen LogP) is 6.04. The van der Waals surface area contributed by atoms with Gasteiger partial charge in [-0.05, 0) is 58.1 Å². The van der Waals surface area contributed by atoms with Gasteiger partial charge >= 0.3 is 5.51 Å². The Morgan fingerprint density at radius 1 is 1.24 bits per heavy atom. The van der Waals surface area contributed by atoms with E-state index in [-0.39, 0.29) is 63.5 Å². The van der Waals surface area contributed by atoms with Crippen LogP contribution in [-0.2, 0) is 12.1 Å². The summed E-state index contributed by atoms with van der Waals surface area (Å²) in [7, 11) is 1.83. The number of benzene rings is 1. The number of alkyl halides is 4. The van der Waals surface area contributed by atoms with Crippen molar-refractivity contribution in [2.75, 3.05) is 25.5 Å². The zero-order valence-corrected chi connectivity index (χ0v) is 23.7. The number of nitrogens with one attached hydrogen (secondary N) is 2. The highest BCUT2D eigenvalue weighted by Crippen LogP contribution is 2.48. The van der Waals surface area contributed by atoms with E-state index in [9.17, 15) is 22.4 Å². The van der Waals surface area contributed by atoms with Crippen LogP contribution in [0.4, 0.5) is 23.2 Å². The first kappa shape index (κ1) is 29.0. The number of amides is 1. The molecule has 0 spiro atoms. The molecule has 0 aliphatic carbocycles. The molecule has 0 saturated carbocycles. The van der Waals surface area contributed by atoms with Crippen molar-refractivity contribution in [3.8, 4) is 11.5 Å². The summed E-state index contributed by atoms with van der Waals surface area (Å²) in [6.45, 7) is 6.73. The Balaban J connectivity index is 1.40. The van der Waals surface area contributed by atoms with Gasteiger partial charge in [0, 0.05) is 30.7 Å². The zero-order chi connectivity index (χ0) is 29.5. The molecule has 1 aromatic carbocycles. The maximum absolute atomic E-state index is 14.7. The van der Waals surface area contributed by atoms with Gasteiger partial charge in [0.2, 0.25) is 0 Å². The van der Waals surface area contributed by atoms with Crippen molar-refractivity contribution in [3.05, 3.63) is 48.0 Å². The van der Waals surface area contributed by atoms with Gasteiger partial charge in [-0.2, -0.15) is 18.3 Å². The number of anilines is 1. The minimum Gasteiger partial charge on any atom is -0.451 e. The van der Waals surface area contributed by atoms with Crippen molar-refractivity contribution < 1.29 is 31.3 Å². The van der Waals surface area contributed by atoms with E-state index in [1.165, 1.54) is 18.3 Å². The molecule has 2 atom stereocenters. The van der Waals surface area contributed by atoms with Gasteiger partial charge in [0.25, 0.3) is 5.91 Å². The summed E-state index contributed by atoms with van der Waals surface area (Å²) in [5.41, 5.74) is -3.97. The molecule has 14 heteroatoms. The van der Waals surface area contributed by atoms with Gasteiger partial charge in [-0.3, -0.25) is 9.48 Å². The van der Waals surface area contributed by atoms with E-state index in [2.05, 4.69) is 20.9 Å². The van der Waals surface area contributed by atoms with E-state index < -0.39 is 23.6 Å². The molecule has 41 heavy (non-hydrogen) atoms. The standard InChI is InChI=1S/C27H30F4N6O3S/c1-26(2,3)37-13-15(11-33-37)25(38)32-12-16-10-21(35-40-16)23-24(41-27(29,30)31)17-6-5-7-20(22(17)39-23)34-19-8-9-36(4)14-18(19)28/h5-7,10-11,13,18-19,34H,8-9,12,14H2,1-4H3,(H,32,38)/t18-,19+/m0/s1. The van der Waals surface area contributed by atoms with Crippen LogP contribution in [0, 0.1) is 0 Å². The molecule has 1 aliphatic heterocycles. The summed E-state index contributed by atoms with van der Waals surface area (Å²) in [4.78, 5) is 14.3. The molecule has 0 unspecified atom stereocenters. The number of hydrogen-bond donors (Lipinski definition) is 2. The number of piperidine rings is 1. The molecule has 1 saturated heterocycles. The predicted molar refractivity (Wildman–Crippen MR) is 146 cm³/mol. The molecule has 3 aromatic heterocycles. The molecular formula is C27H30F4N6O3S. The number of halogens is 4. The molecular weight excluding hydrogens is 564 g/mol. The van der Waals surface area contributed by atoms with Crippen molar-refractivity contribution >= 4 is 34.3 Å². The number of thioether (sulfide) groups is 1. The lowest BCUT2D eigenvalue weighted by Gasteiger charge is -2.33. The van der Waals surface area contributed by atoms with E-state index in [1.807, 2.05) is 32.7 Å². The fourth-order valence-electron chi connectivity index (χ4n) is 4.59. The summed E-state index contributed by atoms with van der Waals surface area (Å²) in [5.74, 6) is -0.319. The molecule has 5 rings (SSSR count). The normalized spacial score (nSPS) is 18.6. The molecule has 9 nitrogen and oxygen atoms in total. The fraction of sp³-hybridized carbons (Fsp3) is 0.444. The van der Waals surface area contributed by atoms with Crippen LogP contribution in [0.25, 0.3) is 22.4 Å². The van der Waals surface area contributed by atoms with Crippen LogP contribution >= 0.6 is 11.8 Å². The van der Waals surface area contributed by atoms with Gasteiger partial charge in [0.05, 0.1) is 40.5 Å². The van der Waals surface area contributed by atoms with E-state index >= 15 is 0 Å². The van der Waals surface area contributed by atoms with Crippen LogP contribution in [0.2, 0.25) is 0 Å². The summed E-state index contributed by atoms with van der Waals surface area (Å²) < 4.78 is 68.5. The van der Waals surface area contributed by atoms with Gasteiger partial charge < -0.3 is 24.5 Å². The maximum Gasteiger partial charge on any atom is 0.446 e. The number of hydrogen-bond acceptors (Lipinski definition) is 8. The van der Waals surface area contributed by atoms with Crippen LogP contribution in [0.1, 0.15) is 43.3 Å². The van der Waals surface area contributed by atoms with E-state index in [4.69, 9.17) is 8.94 Å². The molecule has 0 bridgehead atoms. The van der Waals surface area contributed by atoms with Crippen LogP contribution in [0.15, 0.2) is 50.5 Å². The number of fused-ring (bicyclic) bond motifs is 1. The number of carbonyl (C=O) groups is 1. The smallest absolute Gasteiger partial charge is 0.446 e. The van der Waals surface area contributed by atoms with Crippen molar-refractivity contribution in [2.24, 2.45) is 0 Å². The van der Waals surface area contributed by atoms with Gasteiger partial charge in [-0.25, -0.2) is 4.39 Å². The highest BCUT2D eigenvalue weighted by Gasteiger charge is 2.35. The first-order valence-electron chi connectivity index (χ1n) is 13.0. The van der Waals surface area contributed by atoms with Gasteiger partial charge in [-0.15, -0.1) is 0 Å². The second-order valence-electron chi connectivity index (χ2n) is 11.0. The number of rotatable bonds is 7. The second-order valence-corrected chi connectivity index (χ2v) is 12.1. The third-order valence-corrected chi connectivity index (χ3v) is 7.56. The van der Waals surface area contributed by atoms with E-state index in [1.54, 1.807) is 23.0 Å². The summed E-state index contributed by atoms with van der Waals surface area (Å²) in [5, 5.41) is 14.2. The van der Waals surface area contributed by atoms with Gasteiger partial charge in [-0.1, -0.05) is 11.2 Å². The number of nitrogens with zero attached hydrogens (tertiary/aromatic N) is 4. The SMILES string of the molecule is CN1CC[C@@H](Nc2cccc3c(SC(F)(F)F)c(-c4cc(CNC(=O)c5cnn(C(C)(C)C)c5)on4)oc23)[C@@H](F)C1. The Morgan fingerprint density at radius 2 is 2.02 bits per heavy atom. The molecule has 220 valence electrons. The lowest BCUT2D eigenvalue weighted by Crippen LogP contribution is -2.46. The molecule has 1 aliphatic rings. The summed E-state index contributed by atoms with van der Waals surface area (Å²) in [6, 6.07) is 5.66. The first-order chi connectivity index (χ1) is 19.3. The van der Waals surface area contributed by atoms with Crippen LogP contribution in [0.3, 0.4) is 0 Å². The maximum atomic E-state index is 14.7. The monoisotopic (exact) mass is 594 g/mol. The largest absolute Gasteiger partial charge is 0.451 e. The van der Waals surface area contributed by atoms with Crippen LogP contribution < -0.4 is 10.6 Å². The second kappa shape index (κ2) is 11.0. The van der Waals surface area contributed by atoms with Crippen LogP contribution in [-0.4, -0.2) is 63.6 Å². The topological polar surface area (TPSA) is 101 Å². The molecule has 1 amide bonds. The van der Waals surface area contributed by atoms with Gasteiger partial charge in [0.15, 0.2) is 22.8 Å². The molecule has 1 fully saturated rings. The average Bonchev–Trinajstić information content (AvgIpc) is 3.63. The Morgan fingerprint density at radius 3 is 2.71 bits per heavy atom. The third kappa shape index (κ3) is 6.53. The number of carbonyl (C=O) groups excluding carboxylic acids is 1. The number of furan rings is 1. The molecule has 2 N–H and O–H groups in total. The summed E-state index contributed by atoms with van der Waals surface area (Å²) in [6.07, 6.45) is 2.45. The lowest BCUT2D eigenvalue weighted by atomic mass is 10.0. The highest BCUT2D eigenvalue weighted by molar-refractivity contribution is 8.00. The minimum absolute atomic E-state index is 0.0337. The van der Waals surface area contributed by atoms with Crippen molar-refractivity contribution in [2.45, 2.75) is 61.9 Å². The van der Waals surface area contributed by atoms with E-state index in [0.717, 1.165) is 0 Å². The quantitative estimate of drug-likeness (QED) is 0.198. The van der Waals surface area contributed by atoms with Crippen molar-refractivity contribution in [3.63, 3.8) is 0 Å². The minimum atomic E-state index is -4.61. The van der Waals surface area contributed by atoms with Crippen molar-refractivity contribution in [1.82, 2.24) is 25.2 Å². The number of aromatic nitrogens is 3. The molecule has 4 heterocycles. The fourth-order valence-corrected chi connectivity index (χ4v) is 5.34. The molecule has 0 radical (unpaired) electrons. The third-order valence-electron chi connectivity index (χ3n) is 6.72. The Hall–Kier alpha value is -3.52. The zero-order valence-electron chi connectivity index (χ0n) is 22.9. The van der Waals surface area contributed by atoms with E-state index in [0.29, 0.717) is 24.2 Å².